The maximum atomic E-state index is 12.8. The number of anilines is 1. The first-order chi connectivity index (χ1) is 14.0. The number of rotatable bonds is 8. The number of amides is 1. The number of hydrogen-bond acceptors (Lipinski definition) is 4. The molecule has 6 heteroatoms. The molecule has 29 heavy (non-hydrogen) atoms. The van der Waals surface area contributed by atoms with Crippen molar-refractivity contribution < 1.29 is 4.79 Å². The van der Waals surface area contributed by atoms with Crippen LogP contribution in [-0.2, 0) is 13.1 Å². The van der Waals surface area contributed by atoms with Gasteiger partial charge in [0.2, 0.25) is 0 Å². The molecule has 0 bridgehead atoms. The summed E-state index contributed by atoms with van der Waals surface area (Å²) in [5, 5.41) is 3.02. The molecule has 0 radical (unpaired) electrons. The van der Waals surface area contributed by atoms with Crippen molar-refractivity contribution in [2.75, 3.05) is 18.0 Å². The molecule has 3 heterocycles. The third-order valence-corrected chi connectivity index (χ3v) is 5.21. The van der Waals surface area contributed by atoms with E-state index in [0.29, 0.717) is 18.7 Å². The number of nitrogens with zero attached hydrogens (tertiary/aromatic N) is 4. The van der Waals surface area contributed by atoms with Gasteiger partial charge in [-0.15, -0.1) is 0 Å². The van der Waals surface area contributed by atoms with E-state index in [4.69, 9.17) is 0 Å². The zero-order valence-electron chi connectivity index (χ0n) is 17.6. The molecular weight excluding hydrogens is 362 g/mol. The van der Waals surface area contributed by atoms with E-state index in [0.717, 1.165) is 41.6 Å². The predicted molar refractivity (Wildman–Crippen MR) is 116 cm³/mol. The SMILES string of the molecule is CCN(CC)c1ccc(CNC(=O)c2cc(C)n(Cc3ccccn3)c2C)cn1. The number of carbonyl (C=O) groups excluding carboxylic acids is 1. The second-order valence-electron chi connectivity index (χ2n) is 7.07. The Balaban J connectivity index is 1.66. The summed E-state index contributed by atoms with van der Waals surface area (Å²) in [5.41, 5.74) is 4.65. The average Bonchev–Trinajstić information content (AvgIpc) is 3.03. The monoisotopic (exact) mass is 391 g/mol. The van der Waals surface area contributed by atoms with Gasteiger partial charge in [0.05, 0.1) is 17.8 Å². The smallest absolute Gasteiger partial charge is 0.253 e. The van der Waals surface area contributed by atoms with Gasteiger partial charge < -0.3 is 14.8 Å². The minimum Gasteiger partial charge on any atom is -0.357 e. The van der Waals surface area contributed by atoms with Crippen LogP contribution in [0.3, 0.4) is 0 Å². The largest absolute Gasteiger partial charge is 0.357 e. The number of aryl methyl sites for hydroxylation is 1. The molecule has 3 rings (SSSR count). The lowest BCUT2D eigenvalue weighted by Gasteiger charge is -2.19. The molecule has 6 nitrogen and oxygen atoms in total. The Bertz CT molecular complexity index is 943. The number of aromatic nitrogens is 3. The highest BCUT2D eigenvalue weighted by Crippen LogP contribution is 2.17. The first-order valence-corrected chi connectivity index (χ1v) is 10.1. The molecule has 0 saturated carbocycles. The number of nitrogens with one attached hydrogen (secondary N) is 1. The Kier molecular flexibility index (Phi) is 6.65. The van der Waals surface area contributed by atoms with Gasteiger partial charge in [0.25, 0.3) is 5.91 Å². The van der Waals surface area contributed by atoms with Crippen molar-refractivity contribution in [2.45, 2.75) is 40.8 Å². The molecule has 3 aromatic heterocycles. The zero-order valence-corrected chi connectivity index (χ0v) is 17.6. The van der Waals surface area contributed by atoms with Crippen molar-refractivity contribution in [3.63, 3.8) is 0 Å². The predicted octanol–water partition coefficient (Wildman–Crippen LogP) is 3.72. The Morgan fingerprint density at radius 1 is 1.10 bits per heavy atom. The van der Waals surface area contributed by atoms with Crippen LogP contribution in [0.5, 0.6) is 0 Å². The van der Waals surface area contributed by atoms with Crippen molar-refractivity contribution in [3.8, 4) is 0 Å². The van der Waals surface area contributed by atoms with E-state index in [2.05, 4.69) is 38.6 Å². The number of hydrogen-bond donors (Lipinski definition) is 1. The summed E-state index contributed by atoms with van der Waals surface area (Å²) in [4.78, 5) is 23.9. The molecule has 1 N–H and O–H groups in total. The van der Waals surface area contributed by atoms with Gasteiger partial charge in [-0.2, -0.15) is 0 Å². The van der Waals surface area contributed by atoms with Gasteiger partial charge in [0.15, 0.2) is 0 Å². The van der Waals surface area contributed by atoms with Crippen molar-refractivity contribution in [1.29, 1.82) is 0 Å². The standard InChI is InChI=1S/C23H29N5O/c1-5-27(6-2)22-11-10-19(14-25-22)15-26-23(29)21-13-17(3)28(18(21)4)16-20-9-7-8-12-24-20/h7-14H,5-6,15-16H2,1-4H3,(H,26,29). The van der Waals surface area contributed by atoms with Crippen LogP contribution in [0.15, 0.2) is 48.8 Å². The fourth-order valence-corrected chi connectivity index (χ4v) is 3.46. The first kappa shape index (κ1) is 20.6. The van der Waals surface area contributed by atoms with Crippen LogP contribution in [0.2, 0.25) is 0 Å². The molecule has 0 aliphatic heterocycles. The van der Waals surface area contributed by atoms with Crippen molar-refractivity contribution in [2.24, 2.45) is 0 Å². The molecule has 0 aliphatic rings. The molecule has 0 aromatic carbocycles. The van der Waals surface area contributed by atoms with Gasteiger partial charge in [-0.3, -0.25) is 9.78 Å². The number of pyridine rings is 2. The molecule has 0 atom stereocenters. The minimum atomic E-state index is -0.0711. The molecule has 3 aromatic rings. The second-order valence-corrected chi connectivity index (χ2v) is 7.07. The molecule has 0 saturated heterocycles. The van der Waals surface area contributed by atoms with E-state index in [1.807, 2.05) is 56.4 Å². The third-order valence-electron chi connectivity index (χ3n) is 5.21. The second kappa shape index (κ2) is 9.37. The van der Waals surface area contributed by atoms with Crippen LogP contribution < -0.4 is 10.2 Å². The van der Waals surface area contributed by atoms with Crippen LogP contribution in [0.1, 0.15) is 46.9 Å². The summed E-state index contributed by atoms with van der Waals surface area (Å²) in [6.07, 6.45) is 3.62. The van der Waals surface area contributed by atoms with Crippen LogP contribution >= 0.6 is 0 Å². The highest BCUT2D eigenvalue weighted by molar-refractivity contribution is 5.95. The third kappa shape index (κ3) is 4.83. The van der Waals surface area contributed by atoms with E-state index in [9.17, 15) is 4.79 Å². The van der Waals surface area contributed by atoms with E-state index >= 15 is 0 Å². The number of carbonyl (C=O) groups is 1. The Hall–Kier alpha value is -3.15. The molecule has 0 unspecified atom stereocenters. The lowest BCUT2D eigenvalue weighted by Crippen LogP contribution is -2.24. The van der Waals surface area contributed by atoms with Crippen LogP contribution in [0.25, 0.3) is 0 Å². The maximum absolute atomic E-state index is 12.8. The molecule has 152 valence electrons. The highest BCUT2D eigenvalue weighted by atomic mass is 16.1. The van der Waals surface area contributed by atoms with Crippen molar-refractivity contribution >= 4 is 11.7 Å². The van der Waals surface area contributed by atoms with Gasteiger partial charge in [0.1, 0.15) is 5.82 Å². The van der Waals surface area contributed by atoms with Gasteiger partial charge in [-0.1, -0.05) is 12.1 Å². The minimum absolute atomic E-state index is 0.0711. The van der Waals surface area contributed by atoms with Crippen LogP contribution in [0.4, 0.5) is 5.82 Å². The van der Waals surface area contributed by atoms with Gasteiger partial charge in [0, 0.05) is 43.4 Å². The average molecular weight is 392 g/mol. The molecule has 0 aliphatic carbocycles. The fraction of sp³-hybridized carbons (Fsp3) is 0.348. The summed E-state index contributed by atoms with van der Waals surface area (Å²) in [5.74, 6) is 0.890. The van der Waals surface area contributed by atoms with Gasteiger partial charge in [-0.05, 0) is 57.5 Å². The molecule has 0 fully saturated rings. The van der Waals surface area contributed by atoms with Crippen LogP contribution in [0, 0.1) is 13.8 Å². The molecule has 0 spiro atoms. The Morgan fingerprint density at radius 3 is 2.52 bits per heavy atom. The van der Waals surface area contributed by atoms with Crippen LogP contribution in [-0.4, -0.2) is 33.5 Å². The summed E-state index contributed by atoms with van der Waals surface area (Å²) in [7, 11) is 0. The van der Waals surface area contributed by atoms with E-state index in [-0.39, 0.29) is 5.91 Å². The lowest BCUT2D eigenvalue weighted by molar-refractivity contribution is 0.0950. The normalized spacial score (nSPS) is 10.8. The maximum Gasteiger partial charge on any atom is 0.253 e. The van der Waals surface area contributed by atoms with Gasteiger partial charge >= 0.3 is 0 Å². The Labute approximate surface area is 172 Å². The van der Waals surface area contributed by atoms with E-state index in [1.54, 1.807) is 6.20 Å². The van der Waals surface area contributed by atoms with E-state index in [1.165, 1.54) is 0 Å². The van der Waals surface area contributed by atoms with Gasteiger partial charge in [-0.25, -0.2) is 4.98 Å². The topological polar surface area (TPSA) is 63.1 Å². The Morgan fingerprint density at radius 2 is 1.90 bits per heavy atom. The quantitative estimate of drug-likeness (QED) is 0.636. The van der Waals surface area contributed by atoms with Crippen molar-refractivity contribution in [1.82, 2.24) is 19.9 Å². The summed E-state index contributed by atoms with van der Waals surface area (Å²) in [6, 6.07) is 11.8. The van der Waals surface area contributed by atoms with E-state index < -0.39 is 0 Å². The summed E-state index contributed by atoms with van der Waals surface area (Å²) in [6.45, 7) is 11.2. The molecule has 1 amide bonds. The van der Waals surface area contributed by atoms with Crippen molar-refractivity contribution in [3.05, 3.63) is 77.0 Å². The lowest BCUT2D eigenvalue weighted by atomic mass is 10.2. The zero-order chi connectivity index (χ0) is 20.8. The summed E-state index contributed by atoms with van der Waals surface area (Å²) >= 11 is 0. The fourth-order valence-electron chi connectivity index (χ4n) is 3.46. The molecular formula is C23H29N5O. The summed E-state index contributed by atoms with van der Waals surface area (Å²) < 4.78 is 2.12. The highest BCUT2D eigenvalue weighted by Gasteiger charge is 2.16. The first-order valence-electron chi connectivity index (χ1n) is 10.1.